The van der Waals surface area contributed by atoms with Gasteiger partial charge in [-0.3, -0.25) is 9.59 Å². The van der Waals surface area contributed by atoms with Crippen LogP contribution in [-0.2, 0) is 11.2 Å². The second kappa shape index (κ2) is 7.04. The number of primary amides is 1. The molecule has 0 aromatic heterocycles. The van der Waals surface area contributed by atoms with Gasteiger partial charge in [-0.15, -0.1) is 0 Å². The van der Waals surface area contributed by atoms with Crippen LogP contribution in [0.5, 0.6) is 0 Å². The SMILES string of the molecule is N#Cc1ccc(CCC(=O)Nc2ccc(C(N)=O)cc2)cc1. The molecule has 0 saturated heterocycles. The minimum absolute atomic E-state index is 0.115. The summed E-state index contributed by atoms with van der Waals surface area (Å²) >= 11 is 0. The molecule has 0 radical (unpaired) electrons. The van der Waals surface area contributed by atoms with E-state index in [1.165, 1.54) is 0 Å². The van der Waals surface area contributed by atoms with Gasteiger partial charge >= 0.3 is 0 Å². The van der Waals surface area contributed by atoms with Crippen molar-refractivity contribution in [3.05, 3.63) is 65.2 Å². The topological polar surface area (TPSA) is 96.0 Å². The molecular weight excluding hydrogens is 278 g/mol. The van der Waals surface area contributed by atoms with E-state index in [0.717, 1.165) is 5.56 Å². The molecule has 110 valence electrons. The second-order valence-corrected chi connectivity index (χ2v) is 4.80. The number of nitrogens with zero attached hydrogens (tertiary/aromatic N) is 1. The molecule has 0 unspecified atom stereocenters. The van der Waals surface area contributed by atoms with Gasteiger partial charge in [0.1, 0.15) is 0 Å². The van der Waals surface area contributed by atoms with Crippen LogP contribution in [0.3, 0.4) is 0 Å². The van der Waals surface area contributed by atoms with Crippen molar-refractivity contribution < 1.29 is 9.59 Å². The largest absolute Gasteiger partial charge is 0.366 e. The maximum absolute atomic E-state index is 11.9. The average Bonchev–Trinajstić information content (AvgIpc) is 2.54. The zero-order valence-corrected chi connectivity index (χ0v) is 11.9. The Hall–Kier alpha value is -3.13. The minimum atomic E-state index is -0.501. The number of aryl methyl sites for hydroxylation is 1. The Morgan fingerprint density at radius 3 is 2.23 bits per heavy atom. The standard InChI is InChI=1S/C17H15N3O2/c18-11-13-3-1-12(2-4-13)5-10-16(21)20-15-8-6-14(7-9-15)17(19)22/h1-4,6-9H,5,10H2,(H2,19,22)(H,20,21). The van der Waals surface area contributed by atoms with E-state index in [2.05, 4.69) is 11.4 Å². The van der Waals surface area contributed by atoms with Gasteiger partial charge in [0.05, 0.1) is 11.6 Å². The lowest BCUT2D eigenvalue weighted by Gasteiger charge is -2.06. The number of carbonyl (C=O) groups excluding carboxylic acids is 2. The smallest absolute Gasteiger partial charge is 0.248 e. The molecule has 0 aliphatic carbocycles. The van der Waals surface area contributed by atoms with E-state index < -0.39 is 5.91 Å². The summed E-state index contributed by atoms with van der Waals surface area (Å²) in [5.74, 6) is -0.616. The molecule has 2 amide bonds. The normalized spacial score (nSPS) is 9.77. The van der Waals surface area contributed by atoms with Gasteiger partial charge in [-0.05, 0) is 48.4 Å². The summed E-state index contributed by atoms with van der Waals surface area (Å²) in [6, 6.07) is 15.6. The van der Waals surface area contributed by atoms with Crippen LogP contribution in [0.15, 0.2) is 48.5 Å². The number of benzene rings is 2. The molecule has 0 fully saturated rings. The Labute approximate surface area is 128 Å². The van der Waals surface area contributed by atoms with E-state index in [0.29, 0.717) is 29.7 Å². The molecule has 5 nitrogen and oxygen atoms in total. The number of amides is 2. The summed E-state index contributed by atoms with van der Waals surface area (Å²) in [4.78, 5) is 22.8. The van der Waals surface area contributed by atoms with Crippen LogP contribution in [0, 0.1) is 11.3 Å². The van der Waals surface area contributed by atoms with Crippen molar-refractivity contribution in [3.8, 4) is 6.07 Å². The molecular formula is C17H15N3O2. The van der Waals surface area contributed by atoms with Gasteiger partial charge in [-0.1, -0.05) is 12.1 Å². The zero-order valence-electron chi connectivity index (χ0n) is 11.9. The van der Waals surface area contributed by atoms with Gasteiger partial charge in [0.25, 0.3) is 0 Å². The third-order valence-electron chi connectivity index (χ3n) is 3.18. The van der Waals surface area contributed by atoms with Gasteiger partial charge in [-0.2, -0.15) is 5.26 Å². The number of nitriles is 1. The van der Waals surface area contributed by atoms with E-state index in [1.807, 2.05) is 12.1 Å². The van der Waals surface area contributed by atoms with E-state index in [-0.39, 0.29) is 5.91 Å². The fourth-order valence-corrected chi connectivity index (χ4v) is 1.95. The van der Waals surface area contributed by atoms with Crippen LogP contribution >= 0.6 is 0 Å². The van der Waals surface area contributed by atoms with Crippen molar-refractivity contribution in [3.63, 3.8) is 0 Å². The van der Waals surface area contributed by atoms with E-state index in [9.17, 15) is 9.59 Å². The number of nitrogens with two attached hydrogens (primary N) is 1. The maximum Gasteiger partial charge on any atom is 0.248 e. The predicted molar refractivity (Wildman–Crippen MR) is 83.1 cm³/mol. The van der Waals surface area contributed by atoms with Gasteiger partial charge in [-0.25, -0.2) is 0 Å². The van der Waals surface area contributed by atoms with Crippen molar-refractivity contribution >= 4 is 17.5 Å². The Morgan fingerprint density at radius 2 is 1.68 bits per heavy atom. The van der Waals surface area contributed by atoms with Crippen LogP contribution in [0.1, 0.15) is 27.9 Å². The predicted octanol–water partition coefficient (Wildman–Crippen LogP) is 2.23. The van der Waals surface area contributed by atoms with E-state index in [1.54, 1.807) is 36.4 Å². The summed E-state index contributed by atoms with van der Waals surface area (Å²) in [5.41, 5.74) is 7.77. The molecule has 0 aliphatic rings. The molecule has 22 heavy (non-hydrogen) atoms. The summed E-state index contributed by atoms with van der Waals surface area (Å²) in [7, 11) is 0. The highest BCUT2D eigenvalue weighted by Gasteiger charge is 2.05. The molecule has 5 heteroatoms. The number of carbonyl (C=O) groups is 2. The Bertz CT molecular complexity index is 713. The quantitative estimate of drug-likeness (QED) is 0.884. The number of anilines is 1. The third-order valence-corrected chi connectivity index (χ3v) is 3.18. The molecule has 0 atom stereocenters. The Morgan fingerprint density at radius 1 is 1.05 bits per heavy atom. The fourth-order valence-electron chi connectivity index (χ4n) is 1.95. The van der Waals surface area contributed by atoms with Crippen LogP contribution in [0.2, 0.25) is 0 Å². The molecule has 0 bridgehead atoms. The molecule has 2 aromatic carbocycles. The maximum atomic E-state index is 11.9. The van der Waals surface area contributed by atoms with Crippen molar-refractivity contribution in [1.82, 2.24) is 0 Å². The minimum Gasteiger partial charge on any atom is -0.366 e. The first-order valence-electron chi connectivity index (χ1n) is 6.77. The highest BCUT2D eigenvalue weighted by molar-refractivity contribution is 5.94. The first-order valence-corrected chi connectivity index (χ1v) is 6.77. The van der Waals surface area contributed by atoms with Crippen LogP contribution in [0.25, 0.3) is 0 Å². The monoisotopic (exact) mass is 293 g/mol. The third kappa shape index (κ3) is 4.18. The van der Waals surface area contributed by atoms with Gasteiger partial charge < -0.3 is 11.1 Å². The first-order chi connectivity index (χ1) is 10.6. The Balaban J connectivity index is 1.87. The number of hydrogen-bond acceptors (Lipinski definition) is 3. The van der Waals surface area contributed by atoms with E-state index in [4.69, 9.17) is 11.0 Å². The molecule has 0 spiro atoms. The van der Waals surface area contributed by atoms with Gasteiger partial charge in [0.15, 0.2) is 0 Å². The average molecular weight is 293 g/mol. The first kappa shape index (κ1) is 15.3. The summed E-state index contributed by atoms with van der Waals surface area (Å²) < 4.78 is 0. The van der Waals surface area contributed by atoms with Gasteiger partial charge in [0, 0.05) is 17.7 Å². The lowest BCUT2D eigenvalue weighted by molar-refractivity contribution is -0.116. The lowest BCUT2D eigenvalue weighted by atomic mass is 10.1. The summed E-state index contributed by atoms with van der Waals surface area (Å²) in [6.45, 7) is 0. The number of nitrogens with one attached hydrogen (secondary N) is 1. The molecule has 0 heterocycles. The second-order valence-electron chi connectivity index (χ2n) is 4.80. The molecule has 0 aliphatic heterocycles. The van der Waals surface area contributed by atoms with Crippen molar-refractivity contribution in [2.75, 3.05) is 5.32 Å². The molecule has 0 saturated carbocycles. The zero-order chi connectivity index (χ0) is 15.9. The highest BCUT2D eigenvalue weighted by atomic mass is 16.1. The molecule has 2 aromatic rings. The van der Waals surface area contributed by atoms with Crippen LogP contribution < -0.4 is 11.1 Å². The van der Waals surface area contributed by atoms with E-state index >= 15 is 0 Å². The van der Waals surface area contributed by atoms with Crippen molar-refractivity contribution in [2.45, 2.75) is 12.8 Å². The van der Waals surface area contributed by atoms with Crippen molar-refractivity contribution in [2.24, 2.45) is 5.73 Å². The fraction of sp³-hybridized carbons (Fsp3) is 0.118. The summed E-state index contributed by atoms with van der Waals surface area (Å²) in [6.07, 6.45) is 0.931. The summed E-state index contributed by atoms with van der Waals surface area (Å²) in [5, 5.41) is 11.5. The number of hydrogen-bond donors (Lipinski definition) is 2. The van der Waals surface area contributed by atoms with Gasteiger partial charge in [0.2, 0.25) is 11.8 Å². The molecule has 3 N–H and O–H groups in total. The highest BCUT2D eigenvalue weighted by Crippen LogP contribution is 2.11. The molecule has 2 rings (SSSR count). The lowest BCUT2D eigenvalue weighted by Crippen LogP contribution is -2.13. The van der Waals surface area contributed by atoms with Crippen LogP contribution in [0.4, 0.5) is 5.69 Å². The van der Waals surface area contributed by atoms with Crippen molar-refractivity contribution in [1.29, 1.82) is 5.26 Å². The Kier molecular flexibility index (Phi) is 4.89. The van der Waals surface area contributed by atoms with Crippen LogP contribution in [-0.4, -0.2) is 11.8 Å². The number of rotatable bonds is 5.